The molecular weight excluding hydrogens is 266 g/mol. The lowest BCUT2D eigenvalue weighted by molar-refractivity contribution is -0.122. The fourth-order valence-electron chi connectivity index (χ4n) is 1.18. The van der Waals surface area contributed by atoms with Gasteiger partial charge in [0.25, 0.3) is 0 Å². The van der Waals surface area contributed by atoms with Gasteiger partial charge in [-0.2, -0.15) is 8.78 Å². The monoisotopic (exact) mass is 280 g/mol. The minimum Gasteiger partial charge on any atom is -0.435 e. The van der Waals surface area contributed by atoms with Crippen LogP contribution in [-0.4, -0.2) is 18.6 Å². The maximum absolute atomic E-state index is 12.0. The Morgan fingerprint density at radius 3 is 2.72 bits per heavy atom. The van der Waals surface area contributed by atoms with Gasteiger partial charge in [-0.15, -0.1) is 12.4 Å². The topological polar surface area (TPSA) is 64.4 Å². The molecule has 0 radical (unpaired) electrons. The zero-order chi connectivity index (χ0) is 12.8. The molecule has 7 heteroatoms. The summed E-state index contributed by atoms with van der Waals surface area (Å²) in [5.74, 6) is -0.238. The number of hydrogen-bond acceptors (Lipinski definition) is 3. The minimum atomic E-state index is -2.86. The van der Waals surface area contributed by atoms with Gasteiger partial charge in [0.05, 0.1) is 6.04 Å². The Bertz CT molecular complexity index is 389. The number of nitrogens with two attached hydrogens (primary N) is 1. The van der Waals surface area contributed by atoms with Crippen LogP contribution in [0.25, 0.3) is 0 Å². The van der Waals surface area contributed by atoms with E-state index in [4.69, 9.17) is 5.73 Å². The van der Waals surface area contributed by atoms with Crippen molar-refractivity contribution < 1.29 is 18.3 Å². The highest BCUT2D eigenvalue weighted by Crippen LogP contribution is 2.15. The summed E-state index contributed by atoms with van der Waals surface area (Å²) in [5, 5.41) is 2.57. The Kier molecular flexibility index (Phi) is 7.23. The van der Waals surface area contributed by atoms with Crippen molar-refractivity contribution in [2.24, 2.45) is 5.73 Å². The van der Waals surface area contributed by atoms with Crippen LogP contribution in [-0.2, 0) is 11.3 Å². The van der Waals surface area contributed by atoms with Gasteiger partial charge >= 0.3 is 6.61 Å². The molecule has 1 atom stereocenters. The SMILES string of the molecule is C[C@H](N)C(=O)NCc1cccc(OC(F)F)c1.Cl. The fourth-order valence-corrected chi connectivity index (χ4v) is 1.18. The van der Waals surface area contributed by atoms with Crippen LogP contribution in [0.5, 0.6) is 5.75 Å². The number of alkyl halides is 2. The number of halogens is 3. The molecule has 3 N–H and O–H groups in total. The summed E-state index contributed by atoms with van der Waals surface area (Å²) < 4.78 is 28.2. The smallest absolute Gasteiger partial charge is 0.387 e. The van der Waals surface area contributed by atoms with E-state index in [2.05, 4.69) is 10.1 Å². The first-order valence-corrected chi connectivity index (χ1v) is 5.06. The Balaban J connectivity index is 0.00000289. The van der Waals surface area contributed by atoms with Crippen LogP contribution in [0.3, 0.4) is 0 Å². The van der Waals surface area contributed by atoms with Crippen LogP contribution < -0.4 is 15.8 Å². The third kappa shape index (κ3) is 5.79. The minimum absolute atomic E-state index is 0. The predicted molar refractivity (Wildman–Crippen MR) is 65.8 cm³/mol. The predicted octanol–water partition coefficient (Wildman–Crippen LogP) is 1.67. The average molecular weight is 281 g/mol. The van der Waals surface area contributed by atoms with Crippen molar-refractivity contribution in [2.75, 3.05) is 0 Å². The standard InChI is InChI=1S/C11H14F2N2O2.ClH/c1-7(14)10(16)15-6-8-3-2-4-9(5-8)17-11(12)13;/h2-5,7,11H,6,14H2,1H3,(H,15,16);1H/t7-;/m0./s1. The molecule has 1 aromatic rings. The summed E-state index contributed by atoms with van der Waals surface area (Å²) >= 11 is 0. The third-order valence-electron chi connectivity index (χ3n) is 2.00. The number of amides is 1. The van der Waals surface area contributed by atoms with Gasteiger partial charge in [-0.3, -0.25) is 4.79 Å². The van der Waals surface area contributed by atoms with Gasteiger partial charge in [-0.1, -0.05) is 12.1 Å². The summed E-state index contributed by atoms with van der Waals surface area (Å²) in [4.78, 5) is 11.2. The van der Waals surface area contributed by atoms with Crippen LogP contribution in [0.1, 0.15) is 12.5 Å². The molecule has 0 saturated heterocycles. The molecule has 0 aliphatic carbocycles. The van der Waals surface area contributed by atoms with Crippen molar-refractivity contribution in [3.8, 4) is 5.75 Å². The van der Waals surface area contributed by atoms with Crippen LogP contribution in [0.4, 0.5) is 8.78 Å². The van der Waals surface area contributed by atoms with Gasteiger partial charge in [0.2, 0.25) is 5.91 Å². The van der Waals surface area contributed by atoms with Gasteiger partial charge in [0, 0.05) is 6.54 Å². The molecule has 0 saturated carbocycles. The molecule has 0 heterocycles. The quantitative estimate of drug-likeness (QED) is 0.862. The Labute approximate surface area is 110 Å². The maximum atomic E-state index is 12.0. The van der Waals surface area contributed by atoms with Crippen LogP contribution >= 0.6 is 12.4 Å². The first kappa shape index (κ1) is 16.6. The van der Waals surface area contributed by atoms with E-state index in [1.165, 1.54) is 12.1 Å². The van der Waals surface area contributed by atoms with E-state index in [1.807, 2.05) is 0 Å². The normalized spacial score (nSPS) is 11.6. The lowest BCUT2D eigenvalue weighted by Gasteiger charge is -2.09. The number of benzene rings is 1. The Hall–Kier alpha value is -1.40. The number of hydrogen-bond donors (Lipinski definition) is 2. The van der Waals surface area contributed by atoms with Gasteiger partial charge < -0.3 is 15.8 Å². The first-order valence-electron chi connectivity index (χ1n) is 5.06. The van der Waals surface area contributed by atoms with Crippen molar-refractivity contribution in [1.29, 1.82) is 0 Å². The van der Waals surface area contributed by atoms with Crippen molar-refractivity contribution in [1.82, 2.24) is 5.32 Å². The molecule has 0 aliphatic heterocycles. The van der Waals surface area contributed by atoms with Gasteiger partial charge in [-0.05, 0) is 24.6 Å². The number of carbonyl (C=O) groups is 1. The summed E-state index contributed by atoms with van der Waals surface area (Å²) in [6, 6.07) is 5.53. The molecule has 0 bridgehead atoms. The second-order valence-corrected chi connectivity index (χ2v) is 3.53. The van der Waals surface area contributed by atoms with E-state index in [0.29, 0.717) is 5.56 Å². The third-order valence-corrected chi connectivity index (χ3v) is 2.00. The lowest BCUT2D eigenvalue weighted by atomic mass is 10.2. The van der Waals surface area contributed by atoms with E-state index in [1.54, 1.807) is 19.1 Å². The van der Waals surface area contributed by atoms with Gasteiger partial charge in [0.15, 0.2) is 0 Å². The van der Waals surface area contributed by atoms with E-state index in [-0.39, 0.29) is 30.6 Å². The number of ether oxygens (including phenoxy) is 1. The molecule has 0 aromatic heterocycles. The van der Waals surface area contributed by atoms with Gasteiger partial charge in [-0.25, -0.2) is 0 Å². The molecule has 102 valence electrons. The van der Waals surface area contributed by atoms with E-state index >= 15 is 0 Å². The molecule has 4 nitrogen and oxygen atoms in total. The molecule has 18 heavy (non-hydrogen) atoms. The van der Waals surface area contributed by atoms with Crippen molar-refractivity contribution in [3.05, 3.63) is 29.8 Å². The lowest BCUT2D eigenvalue weighted by Crippen LogP contribution is -2.37. The van der Waals surface area contributed by atoms with Crippen molar-refractivity contribution in [3.63, 3.8) is 0 Å². The summed E-state index contributed by atoms with van der Waals surface area (Å²) in [5.41, 5.74) is 6.02. The van der Waals surface area contributed by atoms with Crippen molar-refractivity contribution >= 4 is 18.3 Å². The summed E-state index contributed by atoms with van der Waals surface area (Å²) in [6.07, 6.45) is 0. The van der Waals surface area contributed by atoms with E-state index < -0.39 is 12.7 Å². The highest BCUT2D eigenvalue weighted by atomic mass is 35.5. The second kappa shape index (κ2) is 7.84. The zero-order valence-corrected chi connectivity index (χ0v) is 10.5. The van der Waals surface area contributed by atoms with Crippen LogP contribution in [0, 0.1) is 0 Å². The molecular formula is C11H15ClF2N2O2. The Morgan fingerprint density at radius 2 is 2.17 bits per heavy atom. The van der Waals surface area contributed by atoms with E-state index in [9.17, 15) is 13.6 Å². The fraction of sp³-hybridized carbons (Fsp3) is 0.364. The highest BCUT2D eigenvalue weighted by molar-refractivity contribution is 5.85. The largest absolute Gasteiger partial charge is 0.435 e. The first-order chi connectivity index (χ1) is 7.99. The number of nitrogens with one attached hydrogen (secondary N) is 1. The summed E-state index contributed by atoms with van der Waals surface area (Å²) in [6.45, 7) is -1.07. The number of carbonyl (C=O) groups excluding carboxylic acids is 1. The Morgan fingerprint density at radius 1 is 1.50 bits per heavy atom. The molecule has 1 rings (SSSR count). The molecule has 1 aromatic carbocycles. The molecule has 1 amide bonds. The highest BCUT2D eigenvalue weighted by Gasteiger charge is 2.07. The van der Waals surface area contributed by atoms with Crippen molar-refractivity contribution in [2.45, 2.75) is 26.1 Å². The molecule has 0 spiro atoms. The molecule has 0 fully saturated rings. The van der Waals surface area contributed by atoms with E-state index in [0.717, 1.165) is 0 Å². The number of rotatable bonds is 5. The molecule has 0 aliphatic rings. The zero-order valence-electron chi connectivity index (χ0n) is 9.73. The summed E-state index contributed by atoms with van der Waals surface area (Å²) in [7, 11) is 0. The van der Waals surface area contributed by atoms with Crippen LogP contribution in [0.2, 0.25) is 0 Å². The van der Waals surface area contributed by atoms with Crippen LogP contribution in [0.15, 0.2) is 24.3 Å². The maximum Gasteiger partial charge on any atom is 0.387 e. The second-order valence-electron chi connectivity index (χ2n) is 3.53. The average Bonchev–Trinajstić information content (AvgIpc) is 2.25. The molecule has 0 unspecified atom stereocenters. The van der Waals surface area contributed by atoms with Gasteiger partial charge in [0.1, 0.15) is 5.75 Å².